The molecule has 0 aliphatic heterocycles. The van der Waals surface area contributed by atoms with Crippen molar-refractivity contribution in [3.63, 3.8) is 0 Å². The summed E-state index contributed by atoms with van der Waals surface area (Å²) in [4.78, 5) is 4.46. The van der Waals surface area contributed by atoms with Crippen LogP contribution in [0, 0.1) is 0 Å². The standard InChI is InChI=1S/C22H30N4O2S/c1-16(2)26-29(27,28)15-19-10-4-3-9-18(19)14-24-22(23)25-21-13-7-11-17-8-5-6-12-20(17)21/h3-4,7,9-11,13,16,26H,5-6,8,12,14-15H2,1-2H3,(H3,23,24,25). The average Bonchev–Trinajstić information content (AvgIpc) is 2.66. The Morgan fingerprint density at radius 2 is 1.79 bits per heavy atom. The summed E-state index contributed by atoms with van der Waals surface area (Å²) < 4.78 is 27.2. The highest BCUT2D eigenvalue weighted by Gasteiger charge is 2.16. The van der Waals surface area contributed by atoms with Crippen molar-refractivity contribution in [3.05, 3.63) is 64.7 Å². The molecule has 4 N–H and O–H groups in total. The van der Waals surface area contributed by atoms with Crippen LogP contribution in [0.2, 0.25) is 0 Å². The summed E-state index contributed by atoms with van der Waals surface area (Å²) in [5.74, 6) is 0.262. The number of aliphatic imine (C=N–C) groups is 1. The second-order valence-corrected chi connectivity index (χ2v) is 9.53. The summed E-state index contributed by atoms with van der Waals surface area (Å²) >= 11 is 0. The van der Waals surface area contributed by atoms with Crippen molar-refractivity contribution in [3.8, 4) is 0 Å². The molecule has 0 atom stereocenters. The molecule has 1 aliphatic carbocycles. The highest BCUT2D eigenvalue weighted by molar-refractivity contribution is 7.88. The fraction of sp³-hybridized carbons (Fsp3) is 0.409. The number of aryl methyl sites for hydroxylation is 1. The molecule has 0 heterocycles. The fourth-order valence-corrected chi connectivity index (χ4v) is 5.20. The van der Waals surface area contributed by atoms with Crippen LogP contribution in [-0.2, 0) is 35.2 Å². The fourth-order valence-electron chi connectivity index (χ4n) is 3.70. The molecule has 0 unspecified atom stereocenters. The van der Waals surface area contributed by atoms with E-state index in [1.165, 1.54) is 24.0 Å². The molecule has 0 bridgehead atoms. The van der Waals surface area contributed by atoms with Crippen molar-refractivity contribution in [2.24, 2.45) is 10.7 Å². The van der Waals surface area contributed by atoms with Crippen molar-refractivity contribution in [2.75, 3.05) is 5.32 Å². The van der Waals surface area contributed by atoms with E-state index in [9.17, 15) is 8.42 Å². The summed E-state index contributed by atoms with van der Waals surface area (Å²) in [7, 11) is -3.40. The Morgan fingerprint density at radius 3 is 2.55 bits per heavy atom. The van der Waals surface area contributed by atoms with Gasteiger partial charge in [0.1, 0.15) is 0 Å². The summed E-state index contributed by atoms with van der Waals surface area (Å²) in [6, 6.07) is 13.5. The highest BCUT2D eigenvalue weighted by atomic mass is 32.2. The maximum atomic E-state index is 12.3. The lowest BCUT2D eigenvalue weighted by Crippen LogP contribution is -2.31. The number of nitrogens with one attached hydrogen (secondary N) is 2. The lowest BCUT2D eigenvalue weighted by molar-refractivity contribution is 0.569. The molecule has 2 aromatic carbocycles. The molecule has 0 amide bonds. The van der Waals surface area contributed by atoms with E-state index in [2.05, 4.69) is 21.1 Å². The number of nitrogens with zero attached hydrogens (tertiary/aromatic N) is 1. The van der Waals surface area contributed by atoms with Crippen LogP contribution in [0.3, 0.4) is 0 Å². The summed E-state index contributed by atoms with van der Waals surface area (Å²) in [6.45, 7) is 3.94. The Balaban J connectivity index is 1.72. The monoisotopic (exact) mass is 414 g/mol. The molecule has 7 heteroatoms. The first kappa shape index (κ1) is 21.3. The SMILES string of the molecule is CC(C)NS(=O)(=O)Cc1ccccc1CN=C(N)Nc1cccc2c1CCCC2. The number of benzene rings is 2. The van der Waals surface area contributed by atoms with Gasteiger partial charge in [-0.2, -0.15) is 0 Å². The smallest absolute Gasteiger partial charge is 0.216 e. The molecule has 29 heavy (non-hydrogen) atoms. The molecule has 1 aliphatic rings. The van der Waals surface area contributed by atoms with Crippen LogP contribution < -0.4 is 15.8 Å². The third-order valence-corrected chi connectivity index (χ3v) is 6.48. The zero-order valence-corrected chi connectivity index (χ0v) is 17.9. The van der Waals surface area contributed by atoms with Gasteiger partial charge in [0.25, 0.3) is 0 Å². The second kappa shape index (κ2) is 9.41. The van der Waals surface area contributed by atoms with Crippen molar-refractivity contribution in [1.82, 2.24) is 4.72 Å². The lowest BCUT2D eigenvalue weighted by atomic mass is 9.90. The first-order chi connectivity index (χ1) is 13.8. The average molecular weight is 415 g/mol. The number of rotatable bonds is 7. The van der Waals surface area contributed by atoms with E-state index in [1.54, 1.807) is 0 Å². The van der Waals surface area contributed by atoms with E-state index in [0.29, 0.717) is 12.5 Å². The van der Waals surface area contributed by atoms with Crippen LogP contribution in [0.5, 0.6) is 0 Å². The van der Waals surface area contributed by atoms with Gasteiger partial charge in [-0.3, -0.25) is 0 Å². The van der Waals surface area contributed by atoms with Crippen LogP contribution in [0.25, 0.3) is 0 Å². The molecular formula is C22H30N4O2S. The van der Waals surface area contributed by atoms with Gasteiger partial charge in [0.05, 0.1) is 12.3 Å². The van der Waals surface area contributed by atoms with Gasteiger partial charge in [-0.1, -0.05) is 36.4 Å². The van der Waals surface area contributed by atoms with E-state index in [-0.39, 0.29) is 11.8 Å². The number of hydrogen-bond acceptors (Lipinski definition) is 3. The molecule has 156 valence electrons. The zero-order chi connectivity index (χ0) is 20.9. The summed E-state index contributed by atoms with van der Waals surface area (Å²) in [6.07, 6.45) is 4.57. The number of nitrogens with two attached hydrogens (primary N) is 1. The molecule has 0 radical (unpaired) electrons. The van der Waals surface area contributed by atoms with E-state index in [1.807, 2.05) is 50.2 Å². The molecule has 2 aromatic rings. The van der Waals surface area contributed by atoms with Gasteiger partial charge >= 0.3 is 0 Å². The maximum Gasteiger partial charge on any atom is 0.216 e. The van der Waals surface area contributed by atoms with Gasteiger partial charge in [-0.15, -0.1) is 0 Å². The molecule has 0 fully saturated rings. The van der Waals surface area contributed by atoms with E-state index < -0.39 is 10.0 Å². The Kier molecular flexibility index (Phi) is 6.92. The van der Waals surface area contributed by atoms with Crippen molar-refractivity contribution < 1.29 is 8.42 Å². The number of anilines is 1. The molecule has 0 spiro atoms. The van der Waals surface area contributed by atoms with Gasteiger partial charge in [-0.05, 0) is 67.9 Å². The van der Waals surface area contributed by atoms with Gasteiger partial charge < -0.3 is 11.1 Å². The minimum absolute atomic E-state index is 0.0730. The predicted octanol–water partition coefficient (Wildman–Crippen LogP) is 3.32. The van der Waals surface area contributed by atoms with Gasteiger partial charge in [0.15, 0.2) is 5.96 Å². The van der Waals surface area contributed by atoms with Crippen LogP contribution in [0.1, 0.15) is 48.9 Å². The van der Waals surface area contributed by atoms with Crippen LogP contribution in [0.4, 0.5) is 5.69 Å². The first-order valence-electron chi connectivity index (χ1n) is 10.1. The Morgan fingerprint density at radius 1 is 1.07 bits per heavy atom. The summed E-state index contributed by atoms with van der Waals surface area (Å²) in [5, 5.41) is 3.23. The normalized spacial score (nSPS) is 14.7. The molecule has 6 nitrogen and oxygen atoms in total. The Hall–Kier alpha value is -2.38. The van der Waals surface area contributed by atoms with Crippen molar-refractivity contribution in [1.29, 1.82) is 0 Å². The number of fused-ring (bicyclic) bond motifs is 1. The Bertz CT molecular complexity index is 984. The van der Waals surface area contributed by atoms with Gasteiger partial charge in [0, 0.05) is 11.7 Å². The van der Waals surface area contributed by atoms with Gasteiger partial charge in [-0.25, -0.2) is 18.1 Å². The second-order valence-electron chi connectivity index (χ2n) is 7.78. The molecule has 0 aromatic heterocycles. The van der Waals surface area contributed by atoms with Crippen LogP contribution in [-0.4, -0.2) is 20.4 Å². The number of hydrogen-bond donors (Lipinski definition) is 3. The van der Waals surface area contributed by atoms with Crippen LogP contribution in [0.15, 0.2) is 47.5 Å². The van der Waals surface area contributed by atoms with Gasteiger partial charge in [0.2, 0.25) is 10.0 Å². The van der Waals surface area contributed by atoms with E-state index in [4.69, 9.17) is 5.73 Å². The third kappa shape index (κ3) is 6.05. The van der Waals surface area contributed by atoms with E-state index in [0.717, 1.165) is 29.7 Å². The van der Waals surface area contributed by atoms with Crippen molar-refractivity contribution in [2.45, 2.75) is 57.9 Å². The molecular weight excluding hydrogens is 384 g/mol. The predicted molar refractivity (Wildman–Crippen MR) is 119 cm³/mol. The summed E-state index contributed by atoms with van der Waals surface area (Å²) in [5.41, 5.74) is 11.4. The number of sulfonamides is 1. The number of guanidine groups is 1. The largest absolute Gasteiger partial charge is 0.370 e. The minimum atomic E-state index is -3.40. The molecule has 3 rings (SSSR count). The maximum absolute atomic E-state index is 12.3. The minimum Gasteiger partial charge on any atom is -0.370 e. The Labute approximate surface area is 173 Å². The third-order valence-electron chi connectivity index (χ3n) is 4.96. The zero-order valence-electron chi connectivity index (χ0n) is 17.1. The lowest BCUT2D eigenvalue weighted by Gasteiger charge is -2.19. The van der Waals surface area contributed by atoms with E-state index >= 15 is 0 Å². The quantitative estimate of drug-likeness (QED) is 0.478. The highest BCUT2D eigenvalue weighted by Crippen LogP contribution is 2.27. The first-order valence-corrected chi connectivity index (χ1v) is 11.7. The van der Waals surface area contributed by atoms with Crippen LogP contribution >= 0.6 is 0 Å². The molecule has 0 saturated carbocycles. The topological polar surface area (TPSA) is 96.6 Å². The van der Waals surface area contributed by atoms with Crippen molar-refractivity contribution >= 4 is 21.7 Å². The molecule has 0 saturated heterocycles.